The molecular formula is C18H32N2O3. The quantitative estimate of drug-likeness (QED) is 0.778. The second-order valence-corrected chi connectivity index (χ2v) is 8.22. The minimum absolute atomic E-state index is 0.0993. The molecule has 132 valence electrons. The molecule has 0 spiro atoms. The van der Waals surface area contributed by atoms with E-state index in [1.165, 1.54) is 25.7 Å². The van der Waals surface area contributed by atoms with E-state index in [1.807, 2.05) is 25.7 Å². The number of hydrogen-bond acceptors (Lipinski definition) is 3. The van der Waals surface area contributed by atoms with E-state index >= 15 is 0 Å². The molecule has 1 heterocycles. The molecule has 5 heteroatoms. The third kappa shape index (κ3) is 4.93. The van der Waals surface area contributed by atoms with E-state index in [-0.39, 0.29) is 29.7 Å². The van der Waals surface area contributed by atoms with E-state index in [9.17, 15) is 14.7 Å². The highest BCUT2D eigenvalue weighted by Gasteiger charge is 2.38. The van der Waals surface area contributed by atoms with Crippen molar-refractivity contribution in [2.24, 2.45) is 11.3 Å². The van der Waals surface area contributed by atoms with Crippen LogP contribution < -0.4 is 5.32 Å². The maximum atomic E-state index is 12.3. The maximum absolute atomic E-state index is 12.3. The normalized spacial score (nSPS) is 25.3. The van der Waals surface area contributed by atoms with Crippen LogP contribution in [0, 0.1) is 11.3 Å². The van der Waals surface area contributed by atoms with Crippen LogP contribution in [0.4, 0.5) is 0 Å². The van der Waals surface area contributed by atoms with E-state index in [0.29, 0.717) is 19.0 Å². The van der Waals surface area contributed by atoms with Crippen molar-refractivity contribution < 1.29 is 14.7 Å². The van der Waals surface area contributed by atoms with Gasteiger partial charge in [-0.25, -0.2) is 0 Å². The van der Waals surface area contributed by atoms with Crippen molar-refractivity contribution >= 4 is 11.8 Å². The van der Waals surface area contributed by atoms with Gasteiger partial charge in [0.25, 0.3) is 0 Å². The van der Waals surface area contributed by atoms with Gasteiger partial charge in [0.15, 0.2) is 0 Å². The van der Waals surface area contributed by atoms with Crippen LogP contribution in [0.5, 0.6) is 0 Å². The minimum atomic E-state index is -0.582. The average Bonchev–Trinajstić information content (AvgIpc) is 2.71. The molecule has 23 heavy (non-hydrogen) atoms. The van der Waals surface area contributed by atoms with Crippen LogP contribution in [0.1, 0.15) is 65.7 Å². The van der Waals surface area contributed by atoms with Crippen LogP contribution >= 0.6 is 0 Å². The van der Waals surface area contributed by atoms with Gasteiger partial charge in [-0.05, 0) is 18.3 Å². The number of aliphatic hydroxyl groups is 1. The molecular weight excluding hydrogens is 292 g/mol. The van der Waals surface area contributed by atoms with Gasteiger partial charge in [-0.1, -0.05) is 46.5 Å². The summed E-state index contributed by atoms with van der Waals surface area (Å²) in [7, 11) is 0. The number of carbonyl (C=O) groups excluding carboxylic acids is 2. The van der Waals surface area contributed by atoms with Crippen molar-refractivity contribution in [3.63, 3.8) is 0 Å². The first-order chi connectivity index (χ1) is 10.8. The lowest BCUT2D eigenvalue weighted by Gasteiger charge is -2.28. The van der Waals surface area contributed by atoms with Gasteiger partial charge in [0.2, 0.25) is 11.8 Å². The Labute approximate surface area is 139 Å². The molecule has 0 aromatic heterocycles. The number of amides is 2. The molecule has 1 saturated heterocycles. The fourth-order valence-corrected chi connectivity index (χ4v) is 3.48. The van der Waals surface area contributed by atoms with E-state index in [1.54, 1.807) is 0 Å². The topological polar surface area (TPSA) is 69.6 Å². The fourth-order valence-electron chi connectivity index (χ4n) is 3.48. The molecule has 1 saturated carbocycles. The van der Waals surface area contributed by atoms with Crippen molar-refractivity contribution in [1.82, 2.24) is 10.2 Å². The van der Waals surface area contributed by atoms with Crippen molar-refractivity contribution in [3.8, 4) is 0 Å². The Morgan fingerprint density at radius 3 is 2.43 bits per heavy atom. The molecule has 0 aromatic rings. The van der Waals surface area contributed by atoms with Crippen molar-refractivity contribution in [1.29, 1.82) is 0 Å². The van der Waals surface area contributed by atoms with E-state index in [4.69, 9.17) is 0 Å². The first-order valence-electron chi connectivity index (χ1n) is 9.04. The molecule has 2 aliphatic rings. The number of nitrogens with zero attached hydrogens (tertiary/aromatic N) is 1. The number of nitrogens with one attached hydrogen (secondary N) is 1. The molecule has 0 aromatic carbocycles. The maximum Gasteiger partial charge on any atom is 0.225 e. The van der Waals surface area contributed by atoms with Crippen molar-refractivity contribution in [3.05, 3.63) is 0 Å². The van der Waals surface area contributed by atoms with Gasteiger partial charge in [-0.3, -0.25) is 9.59 Å². The minimum Gasteiger partial charge on any atom is -0.391 e. The molecule has 2 N–H and O–H groups in total. The Hall–Kier alpha value is -1.10. The highest BCUT2D eigenvalue weighted by Crippen LogP contribution is 2.28. The molecule has 5 nitrogen and oxygen atoms in total. The molecule has 1 aliphatic heterocycles. The average molecular weight is 324 g/mol. The monoisotopic (exact) mass is 324 g/mol. The Morgan fingerprint density at radius 1 is 1.26 bits per heavy atom. The second-order valence-electron chi connectivity index (χ2n) is 8.22. The molecule has 2 fully saturated rings. The fraction of sp³-hybridized carbons (Fsp3) is 0.889. The van der Waals surface area contributed by atoms with Gasteiger partial charge in [0.1, 0.15) is 0 Å². The standard InChI is InChI=1S/C18H32N2O3/c1-18(2,3)15(21)11-19-17(23)13-10-16(22)20(12-13)14-8-6-4-5-7-9-14/h13-15,21H,4-12H2,1-3H3,(H,19,23). The number of aliphatic hydroxyl groups excluding tert-OH is 1. The Morgan fingerprint density at radius 2 is 1.87 bits per heavy atom. The lowest BCUT2D eigenvalue weighted by molar-refractivity contribution is -0.130. The molecule has 0 radical (unpaired) electrons. The van der Waals surface area contributed by atoms with Gasteiger partial charge < -0.3 is 15.3 Å². The van der Waals surface area contributed by atoms with Crippen LogP contribution in [0.2, 0.25) is 0 Å². The zero-order valence-corrected chi connectivity index (χ0v) is 14.8. The summed E-state index contributed by atoms with van der Waals surface area (Å²) in [5.74, 6) is -0.246. The molecule has 2 unspecified atom stereocenters. The van der Waals surface area contributed by atoms with Crippen LogP contribution in [0.15, 0.2) is 0 Å². The number of likely N-dealkylation sites (tertiary alicyclic amines) is 1. The van der Waals surface area contributed by atoms with Crippen molar-refractivity contribution in [2.75, 3.05) is 13.1 Å². The zero-order chi connectivity index (χ0) is 17.0. The largest absolute Gasteiger partial charge is 0.391 e. The van der Waals surface area contributed by atoms with Crippen molar-refractivity contribution in [2.45, 2.75) is 77.9 Å². The molecule has 1 aliphatic carbocycles. The Balaban J connectivity index is 1.85. The predicted octanol–water partition coefficient (Wildman–Crippen LogP) is 2.08. The summed E-state index contributed by atoms with van der Waals surface area (Å²) in [4.78, 5) is 26.6. The molecule has 2 atom stereocenters. The lowest BCUT2D eigenvalue weighted by atomic mass is 9.89. The van der Waals surface area contributed by atoms with E-state index < -0.39 is 6.10 Å². The van der Waals surface area contributed by atoms with E-state index in [0.717, 1.165) is 12.8 Å². The summed E-state index contributed by atoms with van der Waals surface area (Å²) in [5, 5.41) is 12.8. The van der Waals surface area contributed by atoms with E-state index in [2.05, 4.69) is 5.32 Å². The number of hydrogen-bond donors (Lipinski definition) is 2. The summed E-state index contributed by atoms with van der Waals surface area (Å²) in [6.45, 7) is 6.61. The first kappa shape index (κ1) is 18.2. The van der Waals surface area contributed by atoms with Gasteiger partial charge in [-0.15, -0.1) is 0 Å². The van der Waals surface area contributed by atoms with Crippen LogP contribution in [-0.4, -0.2) is 47.1 Å². The third-order valence-electron chi connectivity index (χ3n) is 5.26. The van der Waals surface area contributed by atoms with Gasteiger partial charge in [-0.2, -0.15) is 0 Å². The first-order valence-corrected chi connectivity index (χ1v) is 9.04. The smallest absolute Gasteiger partial charge is 0.225 e. The zero-order valence-electron chi connectivity index (χ0n) is 14.8. The molecule has 2 amide bonds. The van der Waals surface area contributed by atoms with Crippen LogP contribution in [-0.2, 0) is 9.59 Å². The summed E-state index contributed by atoms with van der Waals surface area (Å²) >= 11 is 0. The van der Waals surface area contributed by atoms with Gasteiger partial charge >= 0.3 is 0 Å². The summed E-state index contributed by atoms with van der Waals surface area (Å²) in [5.41, 5.74) is -0.259. The number of carbonyl (C=O) groups is 2. The Bertz CT molecular complexity index is 422. The molecule has 2 rings (SSSR count). The molecule has 0 bridgehead atoms. The summed E-state index contributed by atoms with van der Waals surface area (Å²) < 4.78 is 0. The van der Waals surface area contributed by atoms with Gasteiger partial charge in [0.05, 0.1) is 12.0 Å². The highest BCUT2D eigenvalue weighted by atomic mass is 16.3. The summed E-state index contributed by atoms with van der Waals surface area (Å²) in [6, 6.07) is 0.322. The predicted molar refractivity (Wildman–Crippen MR) is 89.8 cm³/mol. The van der Waals surface area contributed by atoms with Crippen LogP contribution in [0.3, 0.4) is 0 Å². The van der Waals surface area contributed by atoms with Crippen LogP contribution in [0.25, 0.3) is 0 Å². The van der Waals surface area contributed by atoms with Gasteiger partial charge in [0, 0.05) is 25.6 Å². The second kappa shape index (κ2) is 7.65. The number of rotatable bonds is 4. The highest BCUT2D eigenvalue weighted by molar-refractivity contribution is 5.89. The SMILES string of the molecule is CC(C)(C)C(O)CNC(=O)C1CC(=O)N(C2CCCCCC2)C1. The Kier molecular flexibility index (Phi) is 6.06. The third-order valence-corrected chi connectivity index (χ3v) is 5.26. The lowest BCUT2D eigenvalue weighted by Crippen LogP contribution is -2.42. The summed E-state index contributed by atoms with van der Waals surface area (Å²) in [6.07, 6.45) is 6.76.